The number of rotatable bonds is 1. The van der Waals surface area contributed by atoms with Gasteiger partial charge < -0.3 is 4.40 Å². The molecule has 0 aliphatic heterocycles. The summed E-state index contributed by atoms with van der Waals surface area (Å²) in [6, 6.07) is 20.6. The second kappa shape index (κ2) is 6.69. The van der Waals surface area contributed by atoms with E-state index in [1.807, 2.05) is 6.07 Å². The minimum absolute atomic E-state index is 0.102. The molecule has 0 spiro atoms. The molecule has 0 unspecified atom stereocenters. The van der Waals surface area contributed by atoms with Crippen LogP contribution in [0.1, 0.15) is 31.9 Å². The molecule has 0 aliphatic carbocycles. The zero-order valence-corrected chi connectivity index (χ0v) is 20.8. The van der Waals surface area contributed by atoms with E-state index < -0.39 is 0 Å². The molecule has 3 aromatic heterocycles. The Balaban J connectivity index is 1.94. The van der Waals surface area contributed by atoms with Gasteiger partial charge >= 0.3 is 0 Å². The minimum Gasteiger partial charge on any atom is -0.307 e. The van der Waals surface area contributed by atoms with Crippen LogP contribution in [0.4, 0.5) is 4.39 Å². The Hall–Kier alpha value is -3.72. The second-order valence-electron chi connectivity index (χ2n) is 11.3. The van der Waals surface area contributed by atoms with E-state index in [1.54, 1.807) is 12.1 Å². The summed E-state index contributed by atoms with van der Waals surface area (Å²) in [4.78, 5) is 0. The summed E-state index contributed by atoms with van der Waals surface area (Å²) in [5, 5.41) is 8.45. The third-order valence-electron chi connectivity index (χ3n) is 7.71. The van der Waals surface area contributed by atoms with Crippen molar-refractivity contribution in [3.05, 3.63) is 83.8 Å². The van der Waals surface area contributed by atoms with Gasteiger partial charge in [0, 0.05) is 16.8 Å². The summed E-state index contributed by atoms with van der Waals surface area (Å²) in [6.45, 7) is 9.19. The van der Waals surface area contributed by atoms with Crippen LogP contribution in [0.2, 0.25) is 0 Å². The van der Waals surface area contributed by atoms with Crippen LogP contribution in [0.25, 0.3) is 59.8 Å². The van der Waals surface area contributed by atoms with Crippen molar-refractivity contribution in [3.63, 3.8) is 0 Å². The molecule has 0 atom stereocenters. The van der Waals surface area contributed by atoms with Crippen molar-refractivity contribution in [2.75, 3.05) is 0 Å². The van der Waals surface area contributed by atoms with Crippen LogP contribution in [0.5, 0.6) is 0 Å². The lowest BCUT2D eigenvalue weighted by molar-refractivity contribution is -0.643. The largest absolute Gasteiger partial charge is 0.307 e. The van der Waals surface area contributed by atoms with E-state index in [-0.39, 0.29) is 11.2 Å². The van der Waals surface area contributed by atoms with Crippen molar-refractivity contribution >= 4 is 59.8 Å². The molecule has 0 saturated carbocycles. The predicted octanol–water partition coefficient (Wildman–Crippen LogP) is 8.00. The van der Waals surface area contributed by atoms with Gasteiger partial charge in [-0.3, -0.25) is 0 Å². The number of hydrogen-bond donors (Lipinski definition) is 0. The van der Waals surface area contributed by atoms with Gasteiger partial charge in [0.2, 0.25) is 5.52 Å². The smallest absolute Gasteiger partial charge is 0.224 e. The first-order valence-corrected chi connectivity index (χ1v) is 12.3. The van der Waals surface area contributed by atoms with Crippen molar-refractivity contribution < 1.29 is 8.96 Å². The number of aromatic nitrogens is 2. The molecule has 0 amide bonds. The van der Waals surface area contributed by atoms with Crippen molar-refractivity contribution in [1.29, 1.82) is 0 Å². The van der Waals surface area contributed by atoms with Gasteiger partial charge in [-0.2, -0.15) is 0 Å². The number of benzene rings is 4. The molecular weight excluding hydrogens is 431 g/mol. The van der Waals surface area contributed by atoms with Crippen LogP contribution in [0.15, 0.2) is 66.9 Å². The molecule has 35 heavy (non-hydrogen) atoms. The number of pyridine rings is 2. The maximum absolute atomic E-state index is 14.5. The van der Waals surface area contributed by atoms with Crippen LogP contribution in [-0.4, -0.2) is 4.40 Å². The Morgan fingerprint density at radius 2 is 1.60 bits per heavy atom. The summed E-state index contributed by atoms with van der Waals surface area (Å²) in [5.41, 5.74) is 7.52. The molecule has 0 saturated heterocycles. The zero-order valence-electron chi connectivity index (χ0n) is 20.8. The molecular formula is C32H28FN2+. The third kappa shape index (κ3) is 2.67. The molecule has 0 aliphatic rings. The van der Waals surface area contributed by atoms with Crippen molar-refractivity contribution in [2.45, 2.75) is 34.1 Å². The maximum atomic E-state index is 14.5. The van der Waals surface area contributed by atoms with Gasteiger partial charge in [-0.15, -0.1) is 0 Å². The van der Waals surface area contributed by atoms with Gasteiger partial charge in [0.1, 0.15) is 12.9 Å². The van der Waals surface area contributed by atoms with E-state index in [9.17, 15) is 4.39 Å². The Kier molecular flexibility index (Phi) is 3.95. The molecule has 0 radical (unpaired) electrons. The summed E-state index contributed by atoms with van der Waals surface area (Å²) >= 11 is 0. The lowest BCUT2D eigenvalue weighted by atomic mass is 9.83. The number of halogens is 1. The summed E-state index contributed by atoms with van der Waals surface area (Å²) in [7, 11) is 2.15. The highest BCUT2D eigenvalue weighted by Crippen LogP contribution is 2.45. The molecule has 0 fully saturated rings. The monoisotopic (exact) mass is 459 g/mol. The lowest BCUT2D eigenvalue weighted by Gasteiger charge is -2.24. The van der Waals surface area contributed by atoms with Crippen molar-refractivity contribution in [3.8, 4) is 0 Å². The van der Waals surface area contributed by atoms with Gasteiger partial charge in [0.05, 0.1) is 27.3 Å². The lowest BCUT2D eigenvalue weighted by Crippen LogP contribution is -2.29. The number of nitrogens with zero attached hydrogens (tertiary/aromatic N) is 2. The first-order valence-electron chi connectivity index (χ1n) is 12.3. The Labute approximate surface area is 203 Å². The summed E-state index contributed by atoms with van der Waals surface area (Å²) in [5.74, 6) is -0.195. The molecule has 0 N–H and O–H groups in total. The van der Waals surface area contributed by atoms with Gasteiger partial charge in [-0.05, 0) is 64.2 Å². The maximum Gasteiger partial charge on any atom is 0.224 e. The molecule has 7 aromatic rings. The number of fused-ring (bicyclic) bond motifs is 7. The van der Waals surface area contributed by atoms with E-state index >= 15 is 0 Å². The molecule has 2 nitrogen and oxygen atoms in total. The average Bonchev–Trinajstić information content (AvgIpc) is 3.15. The highest BCUT2D eigenvalue weighted by molar-refractivity contribution is 6.28. The van der Waals surface area contributed by atoms with E-state index in [0.29, 0.717) is 0 Å². The molecule has 172 valence electrons. The molecule has 3 heterocycles. The van der Waals surface area contributed by atoms with Gasteiger partial charge in [-0.1, -0.05) is 57.2 Å². The van der Waals surface area contributed by atoms with Gasteiger partial charge in [0.15, 0.2) is 6.20 Å². The standard InChI is InChI=1S/C32H28FN2/c1-18-21-8-6-7-9-22(21)25(17-32(2,3)4)30-27(18)31-28-19(14-15-34(31)5)10-12-23-24-16-20(33)11-13-26(24)35(30)29(23)28/h6-16H,17H2,1-5H3/q+1. The van der Waals surface area contributed by atoms with Crippen molar-refractivity contribution in [2.24, 2.45) is 12.5 Å². The number of hydrogen-bond acceptors (Lipinski definition) is 0. The molecule has 7 rings (SSSR count). The van der Waals surface area contributed by atoms with Crippen LogP contribution in [0.3, 0.4) is 0 Å². The highest BCUT2D eigenvalue weighted by Gasteiger charge is 2.28. The quantitative estimate of drug-likeness (QED) is 0.134. The third-order valence-corrected chi connectivity index (χ3v) is 7.71. The molecule has 0 bridgehead atoms. The second-order valence-corrected chi connectivity index (χ2v) is 11.3. The molecule has 4 aromatic carbocycles. The SMILES string of the molecule is Cc1c2ccccc2c(CC(C)(C)C)c2c1c1c3c(ccc4c5cc(F)ccc5n2c43)cc[n+]1C. The van der Waals surface area contributed by atoms with Gasteiger partial charge in [0.25, 0.3) is 0 Å². The fourth-order valence-electron chi connectivity index (χ4n) is 6.37. The average molecular weight is 460 g/mol. The van der Waals surface area contributed by atoms with E-state index in [1.165, 1.54) is 54.6 Å². The van der Waals surface area contributed by atoms with Crippen LogP contribution >= 0.6 is 0 Å². The van der Waals surface area contributed by atoms with Crippen LogP contribution in [-0.2, 0) is 13.5 Å². The van der Waals surface area contributed by atoms with Crippen molar-refractivity contribution in [1.82, 2.24) is 4.40 Å². The Bertz CT molecular complexity index is 1990. The number of aryl methyl sites for hydroxylation is 2. The minimum atomic E-state index is -0.195. The van der Waals surface area contributed by atoms with E-state index in [0.717, 1.165) is 22.7 Å². The van der Waals surface area contributed by atoms with E-state index in [4.69, 9.17) is 0 Å². The fraction of sp³-hybridized carbons (Fsp3) is 0.219. The van der Waals surface area contributed by atoms with Crippen LogP contribution < -0.4 is 4.57 Å². The Morgan fingerprint density at radius 1 is 0.829 bits per heavy atom. The first kappa shape index (κ1) is 20.6. The summed E-state index contributed by atoms with van der Waals surface area (Å²) in [6.07, 6.45) is 3.11. The molecule has 3 heteroatoms. The first-order chi connectivity index (χ1) is 16.7. The summed E-state index contributed by atoms with van der Waals surface area (Å²) < 4.78 is 19.2. The van der Waals surface area contributed by atoms with Crippen LogP contribution in [0, 0.1) is 18.2 Å². The normalized spacial score (nSPS) is 13.0. The van der Waals surface area contributed by atoms with E-state index in [2.05, 4.69) is 92.4 Å². The predicted molar refractivity (Wildman–Crippen MR) is 145 cm³/mol. The zero-order chi connectivity index (χ0) is 24.2. The topological polar surface area (TPSA) is 8.29 Å². The Morgan fingerprint density at radius 3 is 2.37 bits per heavy atom. The highest BCUT2D eigenvalue weighted by atomic mass is 19.1. The fourth-order valence-corrected chi connectivity index (χ4v) is 6.37. The van der Waals surface area contributed by atoms with Gasteiger partial charge in [-0.25, -0.2) is 8.96 Å².